The molecule has 1 N–H and O–H groups in total. The van der Waals surface area contributed by atoms with Crippen molar-refractivity contribution in [2.75, 3.05) is 20.5 Å². The quantitative estimate of drug-likeness (QED) is 0.596. The van der Waals surface area contributed by atoms with Crippen LogP contribution in [0.4, 0.5) is 0 Å². The molecule has 1 aliphatic rings. The Morgan fingerprint density at radius 3 is 2.81 bits per heavy atom. The number of rotatable bonds is 7. The molecule has 0 saturated heterocycles. The Balaban J connectivity index is 1.43. The zero-order chi connectivity index (χ0) is 19.1. The maximum Gasteiger partial charge on any atom is 0.331 e. The molecule has 0 aromatic heterocycles. The van der Waals surface area contributed by atoms with Gasteiger partial charge < -0.3 is 24.3 Å². The summed E-state index contributed by atoms with van der Waals surface area (Å²) in [5.74, 6) is 0.962. The molecule has 1 heterocycles. The summed E-state index contributed by atoms with van der Waals surface area (Å²) in [6.45, 7) is 0.132. The van der Waals surface area contributed by atoms with E-state index in [-0.39, 0.29) is 13.4 Å². The molecule has 0 saturated carbocycles. The Kier molecular flexibility index (Phi) is 5.94. The molecule has 2 aromatic carbocycles. The van der Waals surface area contributed by atoms with E-state index in [9.17, 15) is 9.59 Å². The van der Waals surface area contributed by atoms with E-state index in [0.29, 0.717) is 23.8 Å². The predicted molar refractivity (Wildman–Crippen MR) is 97.4 cm³/mol. The van der Waals surface area contributed by atoms with Crippen molar-refractivity contribution in [3.05, 3.63) is 59.7 Å². The fourth-order valence-electron chi connectivity index (χ4n) is 2.45. The molecule has 140 valence electrons. The van der Waals surface area contributed by atoms with Gasteiger partial charge in [-0.2, -0.15) is 0 Å². The van der Waals surface area contributed by atoms with E-state index in [1.807, 2.05) is 18.2 Å². The first-order valence-corrected chi connectivity index (χ1v) is 8.29. The average molecular weight is 369 g/mol. The van der Waals surface area contributed by atoms with Gasteiger partial charge in [-0.3, -0.25) is 4.79 Å². The van der Waals surface area contributed by atoms with Crippen molar-refractivity contribution in [2.45, 2.75) is 6.54 Å². The van der Waals surface area contributed by atoms with Crippen LogP contribution < -0.4 is 19.5 Å². The van der Waals surface area contributed by atoms with E-state index in [0.717, 1.165) is 11.1 Å². The first-order chi connectivity index (χ1) is 13.2. The van der Waals surface area contributed by atoms with Crippen molar-refractivity contribution in [1.82, 2.24) is 5.32 Å². The molecule has 1 aliphatic heterocycles. The largest absolute Gasteiger partial charge is 0.496 e. The lowest BCUT2D eigenvalue weighted by Crippen LogP contribution is -2.28. The summed E-state index contributed by atoms with van der Waals surface area (Å²) in [6.07, 6.45) is 2.83. The normalized spacial score (nSPS) is 12.0. The van der Waals surface area contributed by atoms with Gasteiger partial charge in [0, 0.05) is 18.2 Å². The third-order valence-corrected chi connectivity index (χ3v) is 3.81. The van der Waals surface area contributed by atoms with Gasteiger partial charge in [0.05, 0.1) is 7.11 Å². The van der Waals surface area contributed by atoms with Gasteiger partial charge in [0.2, 0.25) is 6.79 Å². The van der Waals surface area contributed by atoms with Gasteiger partial charge in [0.15, 0.2) is 18.1 Å². The van der Waals surface area contributed by atoms with E-state index < -0.39 is 11.9 Å². The van der Waals surface area contributed by atoms with Gasteiger partial charge in [-0.25, -0.2) is 4.79 Å². The lowest BCUT2D eigenvalue weighted by atomic mass is 10.2. The van der Waals surface area contributed by atoms with Crippen LogP contribution in [0.25, 0.3) is 6.08 Å². The van der Waals surface area contributed by atoms with Gasteiger partial charge in [-0.05, 0) is 29.8 Å². The minimum absolute atomic E-state index is 0.198. The number of carbonyl (C=O) groups is 2. The number of amides is 1. The molecular formula is C20H19NO6. The first-order valence-electron chi connectivity index (χ1n) is 8.29. The topological polar surface area (TPSA) is 83.1 Å². The summed E-state index contributed by atoms with van der Waals surface area (Å²) >= 11 is 0. The van der Waals surface area contributed by atoms with Crippen LogP contribution in [0.2, 0.25) is 0 Å². The van der Waals surface area contributed by atoms with Gasteiger partial charge in [-0.1, -0.05) is 24.3 Å². The summed E-state index contributed by atoms with van der Waals surface area (Å²) in [6, 6.07) is 12.7. The van der Waals surface area contributed by atoms with E-state index in [4.69, 9.17) is 18.9 Å². The SMILES string of the molecule is COc1ccccc1/C=C/C(=O)OCC(=O)NCc1ccc2c(c1)OCO2. The number of methoxy groups -OCH3 is 1. The molecule has 3 rings (SSSR count). The number of hydrogen-bond donors (Lipinski definition) is 1. The summed E-state index contributed by atoms with van der Waals surface area (Å²) < 4.78 is 20.6. The van der Waals surface area contributed by atoms with E-state index in [2.05, 4.69) is 5.32 Å². The van der Waals surface area contributed by atoms with Crippen molar-refractivity contribution >= 4 is 18.0 Å². The first kappa shape index (κ1) is 18.3. The average Bonchev–Trinajstić information content (AvgIpc) is 3.17. The summed E-state index contributed by atoms with van der Waals surface area (Å²) in [4.78, 5) is 23.6. The van der Waals surface area contributed by atoms with Crippen LogP contribution in [0.15, 0.2) is 48.5 Å². The predicted octanol–water partition coefficient (Wildman–Crippen LogP) is 2.30. The Labute approximate surface area is 156 Å². The highest BCUT2D eigenvalue weighted by Gasteiger charge is 2.13. The Bertz CT molecular complexity index is 861. The summed E-state index contributed by atoms with van der Waals surface area (Å²) in [7, 11) is 1.55. The van der Waals surface area contributed by atoms with Crippen LogP contribution in [0.1, 0.15) is 11.1 Å². The molecular weight excluding hydrogens is 350 g/mol. The van der Waals surface area contributed by atoms with Crippen molar-refractivity contribution in [1.29, 1.82) is 0 Å². The standard InChI is InChI=1S/C20H19NO6/c1-24-16-5-3-2-4-15(16)7-9-20(23)25-12-19(22)21-11-14-6-8-17-18(10-14)27-13-26-17/h2-10H,11-13H2,1H3,(H,21,22)/b9-7+. The van der Waals surface area contributed by atoms with Gasteiger partial charge in [0.1, 0.15) is 5.75 Å². The molecule has 0 radical (unpaired) electrons. The zero-order valence-electron chi connectivity index (χ0n) is 14.8. The van der Waals surface area contributed by atoms with E-state index in [1.54, 1.807) is 37.5 Å². The molecule has 2 aromatic rings. The van der Waals surface area contributed by atoms with Crippen LogP contribution in [0.5, 0.6) is 17.2 Å². The molecule has 0 fully saturated rings. The molecule has 0 bridgehead atoms. The molecule has 7 nitrogen and oxygen atoms in total. The molecule has 1 amide bonds. The minimum atomic E-state index is -0.612. The van der Waals surface area contributed by atoms with E-state index in [1.165, 1.54) is 6.08 Å². The number of nitrogens with one attached hydrogen (secondary N) is 1. The van der Waals surface area contributed by atoms with Crippen LogP contribution >= 0.6 is 0 Å². The fraction of sp³-hybridized carbons (Fsp3) is 0.200. The van der Waals surface area contributed by atoms with Crippen molar-refractivity contribution in [3.63, 3.8) is 0 Å². The van der Waals surface area contributed by atoms with Crippen molar-refractivity contribution in [2.24, 2.45) is 0 Å². The van der Waals surface area contributed by atoms with Crippen LogP contribution in [-0.4, -0.2) is 32.4 Å². The Morgan fingerprint density at radius 1 is 1.15 bits per heavy atom. The third-order valence-electron chi connectivity index (χ3n) is 3.81. The number of benzene rings is 2. The van der Waals surface area contributed by atoms with Crippen LogP contribution in [0.3, 0.4) is 0 Å². The molecule has 0 atom stereocenters. The summed E-state index contributed by atoms with van der Waals surface area (Å²) in [5, 5.41) is 2.68. The number of esters is 1. The van der Waals surface area contributed by atoms with Crippen LogP contribution in [-0.2, 0) is 20.9 Å². The number of ether oxygens (including phenoxy) is 4. The zero-order valence-corrected chi connectivity index (χ0v) is 14.8. The fourth-order valence-corrected chi connectivity index (χ4v) is 2.45. The molecule has 0 spiro atoms. The Morgan fingerprint density at radius 2 is 1.96 bits per heavy atom. The lowest BCUT2D eigenvalue weighted by molar-refractivity contribution is -0.143. The maximum absolute atomic E-state index is 11.8. The second-order valence-electron chi connectivity index (χ2n) is 5.65. The number of hydrogen-bond acceptors (Lipinski definition) is 6. The van der Waals surface area contributed by atoms with Gasteiger partial charge >= 0.3 is 5.97 Å². The monoisotopic (exact) mass is 369 g/mol. The molecule has 0 aliphatic carbocycles. The molecule has 7 heteroatoms. The van der Waals surface area contributed by atoms with Crippen LogP contribution in [0, 0.1) is 0 Å². The number of carbonyl (C=O) groups excluding carboxylic acids is 2. The number of para-hydroxylation sites is 1. The highest BCUT2D eigenvalue weighted by molar-refractivity contribution is 5.89. The third kappa shape index (κ3) is 5.01. The van der Waals surface area contributed by atoms with Gasteiger partial charge in [-0.15, -0.1) is 0 Å². The second-order valence-corrected chi connectivity index (χ2v) is 5.65. The van der Waals surface area contributed by atoms with E-state index >= 15 is 0 Å². The summed E-state index contributed by atoms with van der Waals surface area (Å²) in [5.41, 5.74) is 1.60. The van der Waals surface area contributed by atoms with Crippen molar-refractivity contribution in [3.8, 4) is 17.2 Å². The minimum Gasteiger partial charge on any atom is -0.496 e. The van der Waals surface area contributed by atoms with Gasteiger partial charge in [0.25, 0.3) is 5.91 Å². The smallest absolute Gasteiger partial charge is 0.331 e. The second kappa shape index (κ2) is 8.75. The maximum atomic E-state index is 11.8. The highest BCUT2D eigenvalue weighted by Crippen LogP contribution is 2.32. The van der Waals surface area contributed by atoms with Crippen molar-refractivity contribution < 1.29 is 28.5 Å². The number of fused-ring (bicyclic) bond motifs is 1. The molecule has 0 unspecified atom stereocenters. The lowest BCUT2D eigenvalue weighted by Gasteiger charge is -2.06. The molecule has 27 heavy (non-hydrogen) atoms. The Hall–Kier alpha value is -3.48. The highest BCUT2D eigenvalue weighted by atomic mass is 16.7.